The smallest absolute Gasteiger partial charge is 0.258 e. The average Bonchev–Trinajstić information content (AvgIpc) is 2.54. The highest BCUT2D eigenvalue weighted by atomic mass is 35.5. The molecule has 2 aromatic carbocycles. The number of nitrogens with zero attached hydrogens (tertiary/aromatic N) is 2. The van der Waals surface area contributed by atoms with Crippen molar-refractivity contribution in [1.29, 1.82) is 5.26 Å². The summed E-state index contributed by atoms with van der Waals surface area (Å²) in [6, 6.07) is 14.1. The molecule has 112 valence electrons. The van der Waals surface area contributed by atoms with E-state index in [9.17, 15) is 9.18 Å². The molecule has 0 radical (unpaired) electrons. The second-order valence-corrected chi connectivity index (χ2v) is 5.17. The fraction of sp³-hybridized carbons (Fsp3) is 0. The molecule has 4 nitrogen and oxygen atoms in total. The van der Waals surface area contributed by atoms with Gasteiger partial charge in [-0.15, -0.1) is 0 Å². The van der Waals surface area contributed by atoms with Crippen LogP contribution in [0.25, 0.3) is 10.9 Å². The van der Waals surface area contributed by atoms with Gasteiger partial charge in [-0.3, -0.25) is 4.79 Å². The minimum absolute atomic E-state index is 0.00533. The highest BCUT2D eigenvalue weighted by Gasteiger charge is 2.14. The molecule has 0 spiro atoms. The highest BCUT2D eigenvalue weighted by molar-refractivity contribution is 6.33. The summed E-state index contributed by atoms with van der Waals surface area (Å²) >= 11 is 6.03. The van der Waals surface area contributed by atoms with Crippen LogP contribution in [0.1, 0.15) is 15.9 Å². The maximum Gasteiger partial charge on any atom is 0.258 e. The van der Waals surface area contributed by atoms with Crippen molar-refractivity contribution in [3.8, 4) is 6.07 Å². The normalized spacial score (nSPS) is 10.3. The molecular weight excluding hydrogens is 317 g/mol. The van der Waals surface area contributed by atoms with Gasteiger partial charge in [0.1, 0.15) is 11.0 Å². The van der Waals surface area contributed by atoms with Gasteiger partial charge in [0.15, 0.2) is 0 Å². The summed E-state index contributed by atoms with van der Waals surface area (Å²) in [4.78, 5) is 16.4. The van der Waals surface area contributed by atoms with Gasteiger partial charge in [0, 0.05) is 17.1 Å². The van der Waals surface area contributed by atoms with E-state index in [0.29, 0.717) is 22.2 Å². The molecule has 3 rings (SSSR count). The Hall–Kier alpha value is -2.97. The number of carbonyl (C=O) groups excluding carboxylic acids is 1. The number of hydrogen-bond acceptors (Lipinski definition) is 3. The fourth-order valence-corrected chi connectivity index (χ4v) is 2.33. The van der Waals surface area contributed by atoms with Crippen molar-refractivity contribution in [3.05, 3.63) is 70.6 Å². The van der Waals surface area contributed by atoms with E-state index >= 15 is 0 Å². The summed E-state index contributed by atoms with van der Waals surface area (Å²) in [6.45, 7) is 0. The third-order valence-corrected chi connectivity index (χ3v) is 3.54. The molecule has 3 aromatic rings. The number of fused-ring (bicyclic) bond motifs is 1. The molecule has 1 N–H and O–H groups in total. The first kappa shape index (κ1) is 14.9. The molecule has 0 aliphatic rings. The predicted octanol–water partition coefficient (Wildman–Crippen LogP) is 4.15. The van der Waals surface area contributed by atoms with Gasteiger partial charge in [-0.05, 0) is 42.5 Å². The number of nitrogens with one attached hydrogen (secondary N) is 1. The Morgan fingerprint density at radius 2 is 1.91 bits per heavy atom. The molecule has 0 atom stereocenters. The number of carbonyl (C=O) groups is 1. The van der Waals surface area contributed by atoms with E-state index in [2.05, 4.69) is 10.3 Å². The molecule has 1 heterocycles. The Balaban J connectivity index is 1.92. The zero-order valence-corrected chi connectivity index (χ0v) is 12.4. The van der Waals surface area contributed by atoms with Crippen LogP contribution >= 0.6 is 11.6 Å². The van der Waals surface area contributed by atoms with Gasteiger partial charge in [-0.1, -0.05) is 11.6 Å². The summed E-state index contributed by atoms with van der Waals surface area (Å²) in [7, 11) is 0. The maximum atomic E-state index is 13.2. The summed E-state index contributed by atoms with van der Waals surface area (Å²) in [5.74, 6) is -0.853. The number of aromatic nitrogens is 1. The topological polar surface area (TPSA) is 65.8 Å². The van der Waals surface area contributed by atoms with E-state index in [1.807, 2.05) is 6.07 Å². The number of anilines is 1. The monoisotopic (exact) mass is 325 g/mol. The number of pyridine rings is 1. The highest BCUT2D eigenvalue weighted by Crippen LogP contribution is 2.22. The van der Waals surface area contributed by atoms with Crippen molar-refractivity contribution in [2.45, 2.75) is 0 Å². The molecule has 23 heavy (non-hydrogen) atoms. The zero-order valence-electron chi connectivity index (χ0n) is 11.7. The van der Waals surface area contributed by atoms with Gasteiger partial charge in [-0.2, -0.15) is 5.26 Å². The minimum Gasteiger partial charge on any atom is -0.322 e. The molecule has 1 amide bonds. The van der Waals surface area contributed by atoms with E-state index in [1.54, 1.807) is 30.3 Å². The van der Waals surface area contributed by atoms with Gasteiger partial charge in [0.25, 0.3) is 5.91 Å². The molecule has 0 bridgehead atoms. The lowest BCUT2D eigenvalue weighted by molar-refractivity contribution is 0.102. The fourth-order valence-electron chi connectivity index (χ4n) is 2.10. The van der Waals surface area contributed by atoms with Crippen molar-refractivity contribution in [2.24, 2.45) is 0 Å². The van der Waals surface area contributed by atoms with Crippen LogP contribution in [0.3, 0.4) is 0 Å². The number of benzene rings is 2. The molecule has 6 heteroatoms. The van der Waals surface area contributed by atoms with E-state index in [1.165, 1.54) is 18.2 Å². The van der Waals surface area contributed by atoms with Gasteiger partial charge in [-0.25, -0.2) is 9.37 Å². The first-order valence-corrected chi connectivity index (χ1v) is 7.02. The molecule has 0 unspecified atom stereocenters. The van der Waals surface area contributed by atoms with Crippen LogP contribution in [0.5, 0.6) is 0 Å². The summed E-state index contributed by atoms with van der Waals surface area (Å²) in [6.07, 6.45) is 0. The van der Waals surface area contributed by atoms with Crippen molar-refractivity contribution in [1.82, 2.24) is 4.98 Å². The largest absolute Gasteiger partial charge is 0.322 e. The second-order valence-electron chi connectivity index (χ2n) is 4.81. The van der Waals surface area contributed by atoms with E-state index in [4.69, 9.17) is 16.9 Å². The van der Waals surface area contributed by atoms with Crippen molar-refractivity contribution in [3.63, 3.8) is 0 Å². The summed E-state index contributed by atoms with van der Waals surface area (Å²) in [5, 5.41) is 12.0. The van der Waals surface area contributed by atoms with Crippen LogP contribution < -0.4 is 5.32 Å². The van der Waals surface area contributed by atoms with Crippen LogP contribution in [-0.4, -0.2) is 10.9 Å². The molecule has 1 aromatic heterocycles. The Kier molecular flexibility index (Phi) is 3.92. The quantitative estimate of drug-likeness (QED) is 0.720. The standard InChI is InChI=1S/C17H9ClFN3O/c18-16-14(7-11-3-4-12(19)8-15(11)22-16)17(23)21-13-5-1-10(9-20)2-6-13/h1-8H,(H,21,23). The van der Waals surface area contributed by atoms with Crippen molar-refractivity contribution < 1.29 is 9.18 Å². The average molecular weight is 326 g/mol. The molecular formula is C17H9ClFN3O. The first-order valence-electron chi connectivity index (χ1n) is 6.64. The van der Waals surface area contributed by atoms with Crippen molar-refractivity contribution in [2.75, 3.05) is 5.32 Å². The van der Waals surface area contributed by atoms with Crippen LogP contribution in [0.4, 0.5) is 10.1 Å². The second kappa shape index (κ2) is 6.03. The zero-order chi connectivity index (χ0) is 16.4. The van der Waals surface area contributed by atoms with Gasteiger partial charge < -0.3 is 5.32 Å². The van der Waals surface area contributed by atoms with E-state index in [-0.39, 0.29) is 10.7 Å². The third-order valence-electron chi connectivity index (χ3n) is 3.25. The summed E-state index contributed by atoms with van der Waals surface area (Å²) < 4.78 is 13.2. The lowest BCUT2D eigenvalue weighted by Gasteiger charge is -2.08. The predicted molar refractivity (Wildman–Crippen MR) is 85.8 cm³/mol. The van der Waals surface area contributed by atoms with Gasteiger partial charge >= 0.3 is 0 Å². The van der Waals surface area contributed by atoms with E-state index in [0.717, 1.165) is 0 Å². The Morgan fingerprint density at radius 3 is 2.61 bits per heavy atom. The number of halogens is 2. The third kappa shape index (κ3) is 3.12. The first-order chi connectivity index (χ1) is 11.1. The lowest BCUT2D eigenvalue weighted by Crippen LogP contribution is -2.13. The van der Waals surface area contributed by atoms with Gasteiger partial charge in [0.05, 0.1) is 22.7 Å². The van der Waals surface area contributed by atoms with Crippen LogP contribution in [0.15, 0.2) is 48.5 Å². The Labute approximate surface area is 136 Å². The van der Waals surface area contributed by atoms with Crippen LogP contribution in [0.2, 0.25) is 5.15 Å². The number of nitriles is 1. The Bertz CT molecular complexity index is 948. The SMILES string of the molecule is N#Cc1ccc(NC(=O)c2cc3ccc(F)cc3nc2Cl)cc1. The van der Waals surface area contributed by atoms with Gasteiger partial charge in [0.2, 0.25) is 0 Å². The van der Waals surface area contributed by atoms with Crippen LogP contribution in [0, 0.1) is 17.1 Å². The van der Waals surface area contributed by atoms with Crippen LogP contribution in [-0.2, 0) is 0 Å². The molecule has 0 saturated heterocycles. The molecule has 0 aliphatic carbocycles. The number of rotatable bonds is 2. The summed E-state index contributed by atoms with van der Waals surface area (Å²) in [5.41, 5.74) is 1.60. The Morgan fingerprint density at radius 1 is 1.17 bits per heavy atom. The number of amides is 1. The molecule has 0 saturated carbocycles. The van der Waals surface area contributed by atoms with E-state index < -0.39 is 11.7 Å². The maximum absolute atomic E-state index is 13.2. The molecule has 0 fully saturated rings. The molecule has 0 aliphatic heterocycles. The van der Waals surface area contributed by atoms with Crippen molar-refractivity contribution >= 4 is 34.1 Å². The minimum atomic E-state index is -0.432. The lowest BCUT2D eigenvalue weighted by atomic mass is 10.1. The number of hydrogen-bond donors (Lipinski definition) is 1.